The topological polar surface area (TPSA) is 68.8 Å². The fourth-order valence-electron chi connectivity index (χ4n) is 1.10. The maximum atomic E-state index is 5.78. The molecule has 0 amide bonds. The average Bonchev–Trinajstić information content (AvgIpc) is 2.47. The molecule has 0 fully saturated rings. The van der Waals surface area contributed by atoms with E-state index in [1.54, 1.807) is 11.6 Å². The number of aromatic nitrogens is 3. The van der Waals surface area contributed by atoms with Gasteiger partial charge >= 0.3 is 0 Å². The number of hydrogen-bond acceptors (Lipinski definition) is 4. The van der Waals surface area contributed by atoms with Gasteiger partial charge in [0.1, 0.15) is 0 Å². The fourth-order valence-corrected chi connectivity index (χ4v) is 1.10. The number of terminal acetylenes is 1. The average molecular weight is 179 g/mol. The second kappa shape index (κ2) is 3.92. The molecule has 0 radical (unpaired) electrons. The van der Waals surface area contributed by atoms with Crippen LogP contribution in [0.15, 0.2) is 0 Å². The van der Waals surface area contributed by atoms with Crippen LogP contribution in [0.3, 0.4) is 0 Å². The molecule has 1 unspecified atom stereocenters. The van der Waals surface area contributed by atoms with Crippen LogP contribution < -0.4 is 11.1 Å². The van der Waals surface area contributed by atoms with Crippen molar-refractivity contribution in [2.24, 2.45) is 12.8 Å². The lowest BCUT2D eigenvalue weighted by atomic mass is 10.2. The molecule has 5 heteroatoms. The molecular formula is C8H13N5. The van der Waals surface area contributed by atoms with Crippen molar-refractivity contribution in [3.8, 4) is 12.3 Å². The standard InChI is InChI=1S/C8H13N5/c1-4-5-6(9)7-11-12-8(10-2)13(7)3/h1,6H,5,9H2,2-3H3,(H,10,12). The smallest absolute Gasteiger partial charge is 0.224 e. The fraction of sp³-hybridized carbons (Fsp3) is 0.500. The minimum absolute atomic E-state index is 0.246. The van der Waals surface area contributed by atoms with Gasteiger partial charge in [-0.05, 0) is 0 Å². The number of anilines is 1. The summed E-state index contributed by atoms with van der Waals surface area (Å²) in [5.41, 5.74) is 5.78. The van der Waals surface area contributed by atoms with Crippen LogP contribution in [-0.4, -0.2) is 21.8 Å². The van der Waals surface area contributed by atoms with E-state index in [0.717, 1.165) is 0 Å². The zero-order valence-electron chi connectivity index (χ0n) is 7.78. The quantitative estimate of drug-likeness (QED) is 0.635. The lowest BCUT2D eigenvalue weighted by Crippen LogP contribution is -2.15. The number of rotatable bonds is 3. The normalized spacial score (nSPS) is 12.2. The first-order valence-corrected chi connectivity index (χ1v) is 3.96. The van der Waals surface area contributed by atoms with E-state index in [2.05, 4.69) is 21.4 Å². The van der Waals surface area contributed by atoms with Crippen molar-refractivity contribution in [3.05, 3.63) is 5.82 Å². The first-order valence-electron chi connectivity index (χ1n) is 3.96. The highest BCUT2D eigenvalue weighted by molar-refractivity contribution is 5.24. The summed E-state index contributed by atoms with van der Waals surface area (Å²) in [7, 11) is 3.62. The second-order valence-corrected chi connectivity index (χ2v) is 2.71. The Labute approximate surface area is 77.3 Å². The van der Waals surface area contributed by atoms with Crippen LogP contribution in [0.2, 0.25) is 0 Å². The van der Waals surface area contributed by atoms with Crippen LogP contribution in [0.1, 0.15) is 18.3 Å². The van der Waals surface area contributed by atoms with E-state index in [-0.39, 0.29) is 6.04 Å². The third kappa shape index (κ3) is 1.79. The summed E-state index contributed by atoms with van der Waals surface area (Å²) < 4.78 is 1.79. The monoisotopic (exact) mass is 179 g/mol. The Bertz CT molecular complexity index is 322. The lowest BCUT2D eigenvalue weighted by Gasteiger charge is -2.07. The van der Waals surface area contributed by atoms with Crippen molar-refractivity contribution in [1.29, 1.82) is 0 Å². The van der Waals surface area contributed by atoms with E-state index in [1.165, 1.54) is 0 Å². The Balaban J connectivity index is 2.90. The van der Waals surface area contributed by atoms with Crippen LogP contribution >= 0.6 is 0 Å². The SMILES string of the molecule is C#CCC(N)c1nnc(NC)n1C. The third-order valence-corrected chi connectivity index (χ3v) is 1.80. The van der Waals surface area contributed by atoms with Gasteiger partial charge in [-0.2, -0.15) is 0 Å². The molecule has 1 heterocycles. The van der Waals surface area contributed by atoms with Crippen LogP contribution in [-0.2, 0) is 7.05 Å². The van der Waals surface area contributed by atoms with Gasteiger partial charge in [0.25, 0.3) is 0 Å². The summed E-state index contributed by atoms with van der Waals surface area (Å²) in [5, 5.41) is 10.7. The molecule has 1 aromatic rings. The van der Waals surface area contributed by atoms with Crippen molar-refractivity contribution >= 4 is 5.95 Å². The molecule has 70 valence electrons. The first-order chi connectivity index (χ1) is 6.20. The van der Waals surface area contributed by atoms with Gasteiger partial charge in [0.05, 0.1) is 6.04 Å². The zero-order valence-corrected chi connectivity index (χ0v) is 7.78. The van der Waals surface area contributed by atoms with Crippen molar-refractivity contribution < 1.29 is 0 Å². The molecule has 0 saturated carbocycles. The van der Waals surface area contributed by atoms with E-state index in [1.807, 2.05) is 7.05 Å². The number of hydrogen-bond donors (Lipinski definition) is 2. The summed E-state index contributed by atoms with van der Waals surface area (Å²) in [6.07, 6.45) is 5.62. The number of nitrogens with zero attached hydrogens (tertiary/aromatic N) is 3. The van der Waals surface area contributed by atoms with Gasteiger partial charge in [-0.15, -0.1) is 22.5 Å². The van der Waals surface area contributed by atoms with Crippen LogP contribution in [0, 0.1) is 12.3 Å². The van der Waals surface area contributed by atoms with Gasteiger partial charge in [0.15, 0.2) is 5.82 Å². The summed E-state index contributed by atoms with van der Waals surface area (Å²) in [5.74, 6) is 3.87. The minimum atomic E-state index is -0.246. The molecule has 0 spiro atoms. The molecular weight excluding hydrogens is 166 g/mol. The second-order valence-electron chi connectivity index (χ2n) is 2.71. The molecule has 3 N–H and O–H groups in total. The largest absolute Gasteiger partial charge is 0.357 e. The van der Waals surface area contributed by atoms with Gasteiger partial charge in [0.2, 0.25) is 5.95 Å². The molecule has 1 aromatic heterocycles. The molecule has 5 nitrogen and oxygen atoms in total. The van der Waals surface area contributed by atoms with Crippen molar-refractivity contribution in [2.45, 2.75) is 12.5 Å². The zero-order chi connectivity index (χ0) is 9.84. The Morgan fingerprint density at radius 1 is 1.69 bits per heavy atom. The highest BCUT2D eigenvalue weighted by atomic mass is 15.3. The van der Waals surface area contributed by atoms with Crippen LogP contribution in [0.5, 0.6) is 0 Å². The van der Waals surface area contributed by atoms with E-state index in [9.17, 15) is 0 Å². The maximum absolute atomic E-state index is 5.78. The van der Waals surface area contributed by atoms with Gasteiger partial charge in [-0.1, -0.05) is 0 Å². The van der Waals surface area contributed by atoms with Gasteiger partial charge in [-0.3, -0.25) is 4.57 Å². The first kappa shape index (κ1) is 9.55. The van der Waals surface area contributed by atoms with E-state index in [4.69, 9.17) is 12.2 Å². The Kier molecular flexibility index (Phi) is 2.88. The molecule has 0 aromatic carbocycles. The molecule has 0 saturated heterocycles. The molecule has 0 aliphatic rings. The highest BCUT2D eigenvalue weighted by Gasteiger charge is 2.13. The third-order valence-electron chi connectivity index (χ3n) is 1.80. The Morgan fingerprint density at radius 2 is 2.38 bits per heavy atom. The van der Waals surface area contributed by atoms with E-state index >= 15 is 0 Å². The lowest BCUT2D eigenvalue weighted by molar-refractivity contribution is 0.650. The Morgan fingerprint density at radius 3 is 2.85 bits per heavy atom. The summed E-state index contributed by atoms with van der Waals surface area (Å²) in [6, 6.07) is -0.246. The predicted octanol–water partition coefficient (Wildman–Crippen LogP) is -0.120. The van der Waals surface area contributed by atoms with Gasteiger partial charge in [0, 0.05) is 20.5 Å². The van der Waals surface area contributed by atoms with Crippen molar-refractivity contribution in [3.63, 3.8) is 0 Å². The molecule has 1 atom stereocenters. The molecule has 0 aliphatic carbocycles. The van der Waals surface area contributed by atoms with Crippen LogP contribution in [0.25, 0.3) is 0 Å². The number of nitrogens with two attached hydrogens (primary N) is 1. The minimum Gasteiger partial charge on any atom is -0.357 e. The summed E-state index contributed by atoms with van der Waals surface area (Å²) in [6.45, 7) is 0. The molecule has 1 rings (SSSR count). The van der Waals surface area contributed by atoms with Crippen LogP contribution in [0.4, 0.5) is 5.95 Å². The summed E-state index contributed by atoms with van der Waals surface area (Å²) in [4.78, 5) is 0. The van der Waals surface area contributed by atoms with Crippen molar-refractivity contribution in [1.82, 2.24) is 14.8 Å². The Hall–Kier alpha value is -1.54. The molecule has 13 heavy (non-hydrogen) atoms. The van der Waals surface area contributed by atoms with Gasteiger partial charge in [-0.25, -0.2) is 0 Å². The predicted molar refractivity (Wildman–Crippen MR) is 50.9 cm³/mol. The number of nitrogens with one attached hydrogen (secondary N) is 1. The summed E-state index contributed by atoms with van der Waals surface area (Å²) >= 11 is 0. The van der Waals surface area contributed by atoms with E-state index in [0.29, 0.717) is 18.2 Å². The van der Waals surface area contributed by atoms with E-state index < -0.39 is 0 Å². The highest BCUT2D eigenvalue weighted by Crippen LogP contribution is 2.12. The maximum Gasteiger partial charge on any atom is 0.224 e. The molecule has 0 bridgehead atoms. The van der Waals surface area contributed by atoms with Crippen molar-refractivity contribution in [2.75, 3.05) is 12.4 Å². The van der Waals surface area contributed by atoms with Gasteiger partial charge < -0.3 is 11.1 Å². The molecule has 0 aliphatic heterocycles.